The first kappa shape index (κ1) is 18.9. The number of carbonyl (C=O) groups excluding carboxylic acids is 1. The number of benzene rings is 2. The van der Waals surface area contributed by atoms with Gasteiger partial charge in [-0.2, -0.15) is 0 Å². The van der Waals surface area contributed by atoms with Crippen molar-refractivity contribution in [2.45, 2.75) is 31.8 Å². The SMILES string of the molecule is CC(C(=O)O)c1cccc(NC(=O)c2ccc(OC3CCOCC3)cc2)c1. The van der Waals surface area contributed by atoms with Crippen LogP contribution in [0.5, 0.6) is 5.75 Å². The Labute approximate surface area is 158 Å². The molecule has 2 aromatic carbocycles. The van der Waals surface area contributed by atoms with E-state index in [1.54, 1.807) is 55.5 Å². The van der Waals surface area contributed by atoms with Crippen LogP contribution in [0.15, 0.2) is 48.5 Å². The third kappa shape index (κ3) is 5.08. The van der Waals surface area contributed by atoms with Gasteiger partial charge < -0.3 is 19.9 Å². The molecule has 2 N–H and O–H groups in total. The number of aliphatic carboxylic acids is 1. The Bertz CT molecular complexity index is 796. The summed E-state index contributed by atoms with van der Waals surface area (Å²) in [7, 11) is 0. The Morgan fingerprint density at radius 2 is 1.85 bits per heavy atom. The predicted molar refractivity (Wildman–Crippen MR) is 101 cm³/mol. The smallest absolute Gasteiger partial charge is 0.310 e. The van der Waals surface area contributed by atoms with Crippen molar-refractivity contribution in [3.63, 3.8) is 0 Å². The Hall–Kier alpha value is -2.86. The molecule has 0 aromatic heterocycles. The largest absolute Gasteiger partial charge is 0.490 e. The van der Waals surface area contributed by atoms with Crippen molar-refractivity contribution in [3.8, 4) is 5.75 Å². The molecule has 0 radical (unpaired) electrons. The van der Waals surface area contributed by atoms with Crippen LogP contribution in [-0.4, -0.2) is 36.3 Å². The van der Waals surface area contributed by atoms with Gasteiger partial charge in [0.15, 0.2) is 0 Å². The summed E-state index contributed by atoms with van der Waals surface area (Å²) in [5, 5.41) is 11.9. The molecule has 142 valence electrons. The number of carboxylic acids is 1. The second-order valence-corrected chi connectivity index (χ2v) is 6.59. The standard InChI is InChI=1S/C21H23NO5/c1-14(21(24)25)16-3-2-4-17(13-16)22-20(23)15-5-7-18(8-6-15)27-19-9-11-26-12-10-19/h2-8,13-14,19H,9-12H2,1H3,(H,22,23)(H,24,25). The number of anilines is 1. The molecule has 0 spiro atoms. The van der Waals surface area contributed by atoms with Gasteiger partial charge in [-0.3, -0.25) is 9.59 Å². The minimum absolute atomic E-state index is 0.150. The first-order valence-electron chi connectivity index (χ1n) is 9.01. The summed E-state index contributed by atoms with van der Waals surface area (Å²) >= 11 is 0. The van der Waals surface area contributed by atoms with Crippen molar-refractivity contribution >= 4 is 17.6 Å². The van der Waals surface area contributed by atoms with E-state index in [-0.39, 0.29) is 12.0 Å². The van der Waals surface area contributed by atoms with Gasteiger partial charge in [-0.25, -0.2) is 0 Å². The van der Waals surface area contributed by atoms with Gasteiger partial charge in [-0.15, -0.1) is 0 Å². The van der Waals surface area contributed by atoms with Crippen LogP contribution >= 0.6 is 0 Å². The number of ether oxygens (including phenoxy) is 2. The van der Waals surface area contributed by atoms with Crippen molar-refractivity contribution in [2.75, 3.05) is 18.5 Å². The van der Waals surface area contributed by atoms with Crippen LogP contribution < -0.4 is 10.1 Å². The van der Waals surface area contributed by atoms with Crippen molar-refractivity contribution < 1.29 is 24.2 Å². The lowest BCUT2D eigenvalue weighted by Gasteiger charge is -2.23. The molecule has 1 fully saturated rings. The molecule has 1 heterocycles. The molecule has 0 saturated carbocycles. The zero-order valence-electron chi connectivity index (χ0n) is 15.2. The monoisotopic (exact) mass is 369 g/mol. The van der Waals surface area contributed by atoms with E-state index in [2.05, 4.69) is 5.32 Å². The molecule has 1 aliphatic rings. The average Bonchev–Trinajstić information content (AvgIpc) is 2.69. The number of carbonyl (C=O) groups is 2. The van der Waals surface area contributed by atoms with Crippen LogP contribution in [0.4, 0.5) is 5.69 Å². The van der Waals surface area contributed by atoms with Gasteiger partial charge in [0.05, 0.1) is 19.1 Å². The van der Waals surface area contributed by atoms with Gasteiger partial charge in [-0.1, -0.05) is 12.1 Å². The van der Waals surface area contributed by atoms with Gasteiger partial charge in [0, 0.05) is 24.1 Å². The Balaban J connectivity index is 1.62. The lowest BCUT2D eigenvalue weighted by Crippen LogP contribution is -2.25. The van der Waals surface area contributed by atoms with Crippen LogP contribution in [0.3, 0.4) is 0 Å². The molecular weight excluding hydrogens is 346 g/mol. The van der Waals surface area contributed by atoms with Crippen molar-refractivity contribution in [2.24, 2.45) is 0 Å². The first-order valence-corrected chi connectivity index (χ1v) is 9.01. The van der Waals surface area contributed by atoms with E-state index in [9.17, 15) is 9.59 Å². The van der Waals surface area contributed by atoms with Crippen molar-refractivity contribution in [1.82, 2.24) is 0 Å². The van der Waals surface area contributed by atoms with Crippen molar-refractivity contribution in [1.29, 1.82) is 0 Å². The van der Waals surface area contributed by atoms with E-state index in [1.165, 1.54) is 0 Å². The van der Waals surface area contributed by atoms with Gasteiger partial charge >= 0.3 is 5.97 Å². The number of rotatable bonds is 6. The number of amides is 1. The van der Waals surface area contributed by atoms with E-state index in [1.807, 2.05) is 0 Å². The molecule has 0 bridgehead atoms. The van der Waals surface area contributed by atoms with Crippen LogP contribution in [0.1, 0.15) is 41.6 Å². The molecular formula is C21H23NO5. The summed E-state index contributed by atoms with van der Waals surface area (Å²) in [4.78, 5) is 23.6. The molecule has 1 aliphatic heterocycles. The molecule has 1 unspecified atom stereocenters. The van der Waals surface area contributed by atoms with E-state index in [4.69, 9.17) is 14.6 Å². The first-order chi connectivity index (χ1) is 13.0. The minimum atomic E-state index is -0.904. The van der Waals surface area contributed by atoms with Gasteiger partial charge in [0.1, 0.15) is 11.9 Å². The highest BCUT2D eigenvalue weighted by Crippen LogP contribution is 2.21. The molecule has 6 nitrogen and oxygen atoms in total. The highest BCUT2D eigenvalue weighted by Gasteiger charge is 2.16. The minimum Gasteiger partial charge on any atom is -0.490 e. The maximum absolute atomic E-state index is 12.4. The quantitative estimate of drug-likeness (QED) is 0.811. The Morgan fingerprint density at radius 1 is 1.15 bits per heavy atom. The summed E-state index contributed by atoms with van der Waals surface area (Å²) in [6.45, 7) is 3.04. The topological polar surface area (TPSA) is 84.9 Å². The van der Waals surface area contributed by atoms with E-state index >= 15 is 0 Å². The number of hydrogen-bond acceptors (Lipinski definition) is 4. The van der Waals surface area contributed by atoms with Gasteiger partial charge in [0.2, 0.25) is 0 Å². The number of nitrogens with one attached hydrogen (secondary N) is 1. The van der Waals surface area contributed by atoms with Crippen LogP contribution in [0.2, 0.25) is 0 Å². The average molecular weight is 369 g/mol. The Morgan fingerprint density at radius 3 is 2.52 bits per heavy atom. The molecule has 1 saturated heterocycles. The third-order valence-electron chi connectivity index (χ3n) is 4.60. The third-order valence-corrected chi connectivity index (χ3v) is 4.60. The summed E-state index contributed by atoms with van der Waals surface area (Å²) in [6.07, 6.45) is 1.89. The fourth-order valence-corrected chi connectivity index (χ4v) is 2.90. The Kier molecular flexibility index (Phi) is 6.08. The highest BCUT2D eigenvalue weighted by atomic mass is 16.5. The number of hydrogen-bond donors (Lipinski definition) is 2. The molecule has 1 amide bonds. The van der Waals surface area contributed by atoms with Crippen molar-refractivity contribution in [3.05, 3.63) is 59.7 Å². The fourth-order valence-electron chi connectivity index (χ4n) is 2.90. The van der Waals surface area contributed by atoms with Crippen LogP contribution in [0, 0.1) is 0 Å². The second-order valence-electron chi connectivity index (χ2n) is 6.59. The summed E-state index contributed by atoms with van der Waals surface area (Å²) in [5.41, 5.74) is 1.71. The maximum Gasteiger partial charge on any atom is 0.310 e. The van der Waals surface area contributed by atoms with Gasteiger partial charge in [0.25, 0.3) is 5.91 Å². The molecule has 27 heavy (non-hydrogen) atoms. The summed E-state index contributed by atoms with van der Waals surface area (Å²) in [6, 6.07) is 13.9. The van der Waals surface area contributed by atoms with Gasteiger partial charge in [-0.05, 0) is 48.9 Å². The zero-order valence-corrected chi connectivity index (χ0v) is 15.2. The molecule has 3 rings (SSSR count). The molecule has 1 atom stereocenters. The summed E-state index contributed by atoms with van der Waals surface area (Å²) < 4.78 is 11.2. The normalized spacial score (nSPS) is 15.7. The number of carboxylic acid groups (broad SMARTS) is 1. The second kappa shape index (κ2) is 8.68. The molecule has 6 heteroatoms. The van der Waals surface area contributed by atoms with Crippen LogP contribution in [0.25, 0.3) is 0 Å². The lowest BCUT2D eigenvalue weighted by molar-refractivity contribution is -0.138. The van der Waals surface area contributed by atoms with E-state index < -0.39 is 11.9 Å². The maximum atomic E-state index is 12.4. The molecule has 0 aliphatic carbocycles. The highest BCUT2D eigenvalue weighted by molar-refractivity contribution is 6.04. The molecule has 2 aromatic rings. The predicted octanol–water partition coefficient (Wildman–Crippen LogP) is 3.68. The summed E-state index contributed by atoms with van der Waals surface area (Å²) in [5.74, 6) is -1.06. The zero-order chi connectivity index (χ0) is 19.2. The fraction of sp³-hybridized carbons (Fsp3) is 0.333. The van der Waals surface area contributed by atoms with E-state index in [0.717, 1.165) is 18.6 Å². The lowest BCUT2D eigenvalue weighted by atomic mass is 10.0. The van der Waals surface area contributed by atoms with Crippen LogP contribution in [-0.2, 0) is 9.53 Å². The van der Waals surface area contributed by atoms with E-state index in [0.29, 0.717) is 30.0 Å².